The molecular formula is C16H18FN3O2. The van der Waals surface area contributed by atoms with E-state index in [0.717, 1.165) is 0 Å². The number of hydrogen-bond donors (Lipinski definition) is 1. The lowest BCUT2D eigenvalue weighted by Gasteiger charge is -2.19. The molecule has 1 saturated heterocycles. The summed E-state index contributed by atoms with van der Waals surface area (Å²) in [5.74, 6) is -1.36. The fourth-order valence-electron chi connectivity index (χ4n) is 3.03. The van der Waals surface area contributed by atoms with Crippen LogP contribution in [0.1, 0.15) is 49.8 Å². The van der Waals surface area contributed by atoms with Gasteiger partial charge >= 0.3 is 0 Å². The summed E-state index contributed by atoms with van der Waals surface area (Å²) in [7, 11) is 1.67. The van der Waals surface area contributed by atoms with Crippen molar-refractivity contribution in [2.24, 2.45) is 7.05 Å². The third-order valence-electron chi connectivity index (χ3n) is 4.19. The molecule has 5 nitrogen and oxygen atoms in total. The molecule has 0 radical (unpaired) electrons. The minimum Gasteiger partial charge on any atom is -0.296 e. The topological polar surface area (TPSA) is 64.0 Å². The van der Waals surface area contributed by atoms with Crippen LogP contribution in [0.3, 0.4) is 0 Å². The predicted molar refractivity (Wildman–Crippen MR) is 79.9 cm³/mol. The molecule has 0 aliphatic carbocycles. The first kappa shape index (κ1) is 14.7. The molecule has 1 fully saturated rings. The van der Waals surface area contributed by atoms with Crippen LogP contribution in [0.15, 0.2) is 12.1 Å². The normalized spacial score (nSPS) is 19.0. The average Bonchev–Trinajstić information content (AvgIpc) is 2.76. The fourth-order valence-corrected chi connectivity index (χ4v) is 3.03. The van der Waals surface area contributed by atoms with Crippen LogP contribution in [0.5, 0.6) is 0 Å². The number of nitrogens with zero attached hydrogens (tertiary/aromatic N) is 2. The van der Waals surface area contributed by atoms with E-state index in [1.54, 1.807) is 13.1 Å². The first-order valence-electron chi connectivity index (χ1n) is 7.38. The van der Waals surface area contributed by atoms with Gasteiger partial charge in [0, 0.05) is 18.9 Å². The Morgan fingerprint density at radius 1 is 1.36 bits per heavy atom. The molecule has 2 heterocycles. The Kier molecular flexibility index (Phi) is 3.47. The molecule has 0 unspecified atom stereocenters. The number of halogens is 1. The summed E-state index contributed by atoms with van der Waals surface area (Å²) in [4.78, 5) is 23.3. The van der Waals surface area contributed by atoms with Gasteiger partial charge in [0.25, 0.3) is 0 Å². The molecule has 0 bridgehead atoms. The number of amides is 2. The fraction of sp³-hybridized carbons (Fsp3) is 0.438. The van der Waals surface area contributed by atoms with Crippen LogP contribution >= 0.6 is 0 Å². The van der Waals surface area contributed by atoms with Gasteiger partial charge in [-0.05, 0) is 17.9 Å². The molecule has 0 spiro atoms. The maximum Gasteiger partial charge on any atom is 0.235 e. The molecule has 116 valence electrons. The first-order chi connectivity index (χ1) is 10.4. The van der Waals surface area contributed by atoms with E-state index in [1.807, 2.05) is 19.9 Å². The summed E-state index contributed by atoms with van der Waals surface area (Å²) < 4.78 is 16.2. The SMILES string of the molecule is CC(C)c1ccc2c([C@H]3CCC(=O)NC3=O)nn(C)c2c1F. The second kappa shape index (κ2) is 5.19. The van der Waals surface area contributed by atoms with Gasteiger partial charge in [0.15, 0.2) is 5.82 Å². The molecule has 2 amide bonds. The molecule has 0 saturated carbocycles. The molecule has 1 aromatic carbocycles. The number of imide groups is 1. The summed E-state index contributed by atoms with van der Waals surface area (Å²) in [6.45, 7) is 3.86. The molecule has 1 N–H and O–H groups in total. The van der Waals surface area contributed by atoms with Gasteiger partial charge < -0.3 is 0 Å². The van der Waals surface area contributed by atoms with Gasteiger partial charge in [-0.1, -0.05) is 26.0 Å². The lowest BCUT2D eigenvalue weighted by atomic mass is 9.92. The highest BCUT2D eigenvalue weighted by Gasteiger charge is 2.32. The number of carbonyl (C=O) groups is 2. The number of rotatable bonds is 2. The summed E-state index contributed by atoms with van der Waals surface area (Å²) in [6, 6.07) is 3.57. The van der Waals surface area contributed by atoms with Crippen molar-refractivity contribution in [3.63, 3.8) is 0 Å². The number of aromatic nitrogens is 2. The van der Waals surface area contributed by atoms with E-state index in [4.69, 9.17) is 0 Å². The second-order valence-corrected chi connectivity index (χ2v) is 6.03. The Bertz CT molecular complexity index is 779. The lowest BCUT2D eigenvalue weighted by Crippen LogP contribution is -2.39. The van der Waals surface area contributed by atoms with Crippen LogP contribution in [0, 0.1) is 5.82 Å². The third kappa shape index (κ3) is 2.19. The molecule has 1 aliphatic heterocycles. The van der Waals surface area contributed by atoms with Crippen LogP contribution in [0.25, 0.3) is 10.9 Å². The van der Waals surface area contributed by atoms with Gasteiger partial charge in [-0.15, -0.1) is 0 Å². The van der Waals surface area contributed by atoms with E-state index < -0.39 is 5.92 Å². The van der Waals surface area contributed by atoms with Crippen molar-refractivity contribution in [2.75, 3.05) is 0 Å². The molecule has 1 aromatic heterocycles. The van der Waals surface area contributed by atoms with Crippen LogP contribution in [0.2, 0.25) is 0 Å². The number of carbonyl (C=O) groups excluding carboxylic acids is 2. The van der Waals surface area contributed by atoms with Gasteiger partial charge in [-0.3, -0.25) is 19.6 Å². The minimum atomic E-state index is -0.509. The second-order valence-electron chi connectivity index (χ2n) is 6.03. The third-order valence-corrected chi connectivity index (χ3v) is 4.19. The Hall–Kier alpha value is -2.24. The molecule has 22 heavy (non-hydrogen) atoms. The molecule has 3 rings (SSSR count). The van der Waals surface area contributed by atoms with Gasteiger partial charge in [0.1, 0.15) is 5.52 Å². The van der Waals surface area contributed by atoms with E-state index in [1.165, 1.54) is 4.68 Å². The summed E-state index contributed by atoms with van der Waals surface area (Å²) in [6.07, 6.45) is 0.686. The van der Waals surface area contributed by atoms with Gasteiger partial charge in [-0.2, -0.15) is 5.10 Å². The Labute approximate surface area is 127 Å². The van der Waals surface area contributed by atoms with E-state index in [2.05, 4.69) is 10.4 Å². The van der Waals surface area contributed by atoms with E-state index in [0.29, 0.717) is 28.6 Å². The molecular weight excluding hydrogens is 285 g/mol. The van der Waals surface area contributed by atoms with Gasteiger partial charge in [-0.25, -0.2) is 4.39 Å². The van der Waals surface area contributed by atoms with Crippen LogP contribution in [-0.4, -0.2) is 21.6 Å². The zero-order valence-electron chi connectivity index (χ0n) is 12.8. The Morgan fingerprint density at radius 2 is 2.09 bits per heavy atom. The first-order valence-corrected chi connectivity index (χ1v) is 7.38. The maximum atomic E-state index is 14.7. The van der Waals surface area contributed by atoms with E-state index >= 15 is 0 Å². The zero-order chi connectivity index (χ0) is 16.0. The highest BCUT2D eigenvalue weighted by Crippen LogP contribution is 2.33. The van der Waals surface area contributed by atoms with Crippen molar-refractivity contribution in [1.82, 2.24) is 15.1 Å². The summed E-state index contributed by atoms with van der Waals surface area (Å²) >= 11 is 0. The lowest BCUT2D eigenvalue weighted by molar-refractivity contribution is -0.134. The van der Waals surface area contributed by atoms with Gasteiger partial charge in [0.2, 0.25) is 11.8 Å². The number of hydrogen-bond acceptors (Lipinski definition) is 3. The maximum absolute atomic E-state index is 14.7. The average molecular weight is 303 g/mol. The summed E-state index contributed by atoms with van der Waals surface area (Å²) in [5, 5.41) is 7.32. The van der Waals surface area contributed by atoms with Crippen molar-refractivity contribution in [2.45, 2.75) is 38.5 Å². The van der Waals surface area contributed by atoms with Crippen molar-refractivity contribution >= 4 is 22.7 Å². The number of piperidine rings is 1. The largest absolute Gasteiger partial charge is 0.296 e. The van der Waals surface area contributed by atoms with Crippen molar-refractivity contribution in [1.29, 1.82) is 0 Å². The van der Waals surface area contributed by atoms with Crippen LogP contribution in [-0.2, 0) is 16.6 Å². The van der Waals surface area contributed by atoms with Crippen molar-refractivity contribution in [3.8, 4) is 0 Å². The smallest absolute Gasteiger partial charge is 0.235 e. The van der Waals surface area contributed by atoms with E-state index in [9.17, 15) is 14.0 Å². The highest BCUT2D eigenvalue weighted by molar-refractivity contribution is 6.02. The monoisotopic (exact) mass is 303 g/mol. The number of nitrogens with one attached hydrogen (secondary N) is 1. The minimum absolute atomic E-state index is 0.0679. The van der Waals surface area contributed by atoms with Crippen molar-refractivity contribution < 1.29 is 14.0 Å². The van der Waals surface area contributed by atoms with Gasteiger partial charge in [0.05, 0.1) is 11.6 Å². The number of benzene rings is 1. The quantitative estimate of drug-likeness (QED) is 0.866. The molecule has 2 aromatic rings. The molecule has 6 heteroatoms. The number of fused-ring (bicyclic) bond motifs is 1. The van der Waals surface area contributed by atoms with Crippen LogP contribution in [0.4, 0.5) is 4.39 Å². The highest BCUT2D eigenvalue weighted by atomic mass is 19.1. The Morgan fingerprint density at radius 3 is 2.73 bits per heavy atom. The van der Waals surface area contributed by atoms with E-state index in [-0.39, 0.29) is 30.0 Å². The molecule has 1 aliphatic rings. The van der Waals surface area contributed by atoms with Crippen molar-refractivity contribution in [3.05, 3.63) is 29.2 Å². The summed E-state index contributed by atoms with van der Waals surface area (Å²) in [5.41, 5.74) is 1.58. The zero-order valence-corrected chi connectivity index (χ0v) is 12.8. The molecule has 1 atom stereocenters. The number of aryl methyl sites for hydroxylation is 1. The Balaban J connectivity index is 2.15. The van der Waals surface area contributed by atoms with Crippen LogP contribution < -0.4 is 5.32 Å². The predicted octanol–water partition coefficient (Wildman–Crippen LogP) is 2.36. The standard InChI is InChI=1S/C16H18FN3O2/c1-8(2)9-4-5-10-14(19-20(3)15(10)13(9)17)11-6-7-12(21)18-16(11)22/h4-5,8,11H,6-7H2,1-3H3,(H,18,21,22)/t11-/m1/s1.